The summed E-state index contributed by atoms with van der Waals surface area (Å²) < 4.78 is 8.31. The minimum absolute atomic E-state index is 0.244. The maximum Gasteiger partial charge on any atom is 0.279 e. The first kappa shape index (κ1) is 19.6. The Labute approximate surface area is 171 Å². The first-order chi connectivity index (χ1) is 13.1. The topological polar surface area (TPSA) is 43.6 Å². The fourth-order valence-electron chi connectivity index (χ4n) is 2.89. The number of carbonyl (C=O) groups is 1. The number of hydrogen-bond donors (Lipinski definition) is 0. The standard InChI is InChI=1S/C21H21BrN2O2S/c1-4-18-19(14-6-10-16(22)11-7-14)24(5-2)21(27-18)23-20(25)15-8-12-17(26-3)13-9-15/h6-13H,4-5H2,1-3H3. The Morgan fingerprint density at radius 3 is 2.33 bits per heavy atom. The number of benzene rings is 2. The molecule has 3 aromatic rings. The number of thiazole rings is 1. The van der Waals surface area contributed by atoms with E-state index in [1.165, 1.54) is 4.88 Å². The van der Waals surface area contributed by atoms with E-state index in [9.17, 15) is 4.79 Å². The third-order valence-electron chi connectivity index (χ3n) is 4.27. The summed E-state index contributed by atoms with van der Waals surface area (Å²) in [6.07, 6.45) is 0.891. The van der Waals surface area contributed by atoms with Gasteiger partial charge in [0, 0.05) is 21.5 Å². The van der Waals surface area contributed by atoms with Gasteiger partial charge in [-0.15, -0.1) is 11.3 Å². The number of nitrogens with zero attached hydrogens (tertiary/aromatic N) is 2. The molecule has 3 rings (SSSR count). The van der Waals surface area contributed by atoms with Crippen molar-refractivity contribution in [2.45, 2.75) is 26.8 Å². The summed E-state index contributed by atoms with van der Waals surface area (Å²) in [6, 6.07) is 15.3. The molecular weight excluding hydrogens is 424 g/mol. The molecule has 0 aliphatic rings. The molecule has 1 aromatic heterocycles. The number of methoxy groups -OCH3 is 1. The highest BCUT2D eigenvalue weighted by atomic mass is 79.9. The van der Waals surface area contributed by atoms with Gasteiger partial charge in [0.25, 0.3) is 5.91 Å². The molecule has 2 aromatic carbocycles. The van der Waals surface area contributed by atoms with Crippen LogP contribution in [-0.2, 0) is 13.0 Å². The number of carbonyl (C=O) groups excluding carboxylic acids is 1. The molecule has 140 valence electrons. The van der Waals surface area contributed by atoms with Crippen LogP contribution in [-0.4, -0.2) is 17.6 Å². The van der Waals surface area contributed by atoms with Crippen molar-refractivity contribution < 1.29 is 9.53 Å². The zero-order chi connectivity index (χ0) is 19.4. The SMILES string of the molecule is CCc1sc(=NC(=O)c2ccc(OC)cc2)n(CC)c1-c1ccc(Br)cc1. The average Bonchev–Trinajstić information content (AvgIpc) is 3.05. The lowest BCUT2D eigenvalue weighted by atomic mass is 10.1. The van der Waals surface area contributed by atoms with Crippen LogP contribution in [0.1, 0.15) is 29.1 Å². The fraction of sp³-hybridized carbons (Fsp3) is 0.238. The van der Waals surface area contributed by atoms with Crippen LogP contribution in [0.25, 0.3) is 11.3 Å². The normalized spacial score (nSPS) is 11.6. The van der Waals surface area contributed by atoms with E-state index in [0.29, 0.717) is 5.56 Å². The van der Waals surface area contributed by atoms with Gasteiger partial charge in [0.1, 0.15) is 5.75 Å². The van der Waals surface area contributed by atoms with E-state index in [1.54, 1.807) is 42.7 Å². The molecule has 0 unspecified atom stereocenters. The van der Waals surface area contributed by atoms with Crippen LogP contribution >= 0.6 is 27.3 Å². The molecular formula is C21H21BrN2O2S. The molecule has 0 bridgehead atoms. The van der Waals surface area contributed by atoms with Crippen LogP contribution in [0.2, 0.25) is 0 Å². The van der Waals surface area contributed by atoms with E-state index in [-0.39, 0.29) is 5.91 Å². The van der Waals surface area contributed by atoms with Crippen molar-refractivity contribution in [2.24, 2.45) is 4.99 Å². The quantitative estimate of drug-likeness (QED) is 0.534. The van der Waals surface area contributed by atoms with Gasteiger partial charge < -0.3 is 9.30 Å². The second-order valence-electron chi connectivity index (χ2n) is 5.91. The Morgan fingerprint density at radius 2 is 1.78 bits per heavy atom. The zero-order valence-electron chi connectivity index (χ0n) is 15.5. The van der Waals surface area contributed by atoms with Crippen LogP contribution < -0.4 is 9.54 Å². The van der Waals surface area contributed by atoms with E-state index in [1.807, 2.05) is 12.1 Å². The van der Waals surface area contributed by atoms with Gasteiger partial charge in [-0.05, 0) is 55.3 Å². The summed E-state index contributed by atoms with van der Waals surface area (Å²) in [7, 11) is 1.60. The molecule has 27 heavy (non-hydrogen) atoms. The lowest BCUT2D eigenvalue weighted by Crippen LogP contribution is -2.17. The van der Waals surface area contributed by atoms with E-state index in [4.69, 9.17) is 4.74 Å². The van der Waals surface area contributed by atoms with Crippen molar-refractivity contribution in [1.82, 2.24) is 4.57 Å². The van der Waals surface area contributed by atoms with Gasteiger partial charge >= 0.3 is 0 Å². The minimum atomic E-state index is -0.244. The highest BCUT2D eigenvalue weighted by Crippen LogP contribution is 2.28. The van der Waals surface area contributed by atoms with E-state index in [0.717, 1.165) is 39.2 Å². The molecule has 6 heteroatoms. The predicted molar refractivity (Wildman–Crippen MR) is 113 cm³/mol. The second kappa shape index (κ2) is 8.67. The smallest absolute Gasteiger partial charge is 0.279 e. The molecule has 0 aliphatic heterocycles. The largest absolute Gasteiger partial charge is 0.497 e. The van der Waals surface area contributed by atoms with E-state index >= 15 is 0 Å². The number of rotatable bonds is 5. The monoisotopic (exact) mass is 444 g/mol. The second-order valence-corrected chi connectivity index (χ2v) is 7.88. The van der Waals surface area contributed by atoms with E-state index in [2.05, 4.69) is 51.5 Å². The summed E-state index contributed by atoms with van der Waals surface area (Å²) >= 11 is 5.07. The number of amides is 1. The van der Waals surface area contributed by atoms with Crippen molar-refractivity contribution in [3.8, 4) is 17.0 Å². The maximum absolute atomic E-state index is 12.7. The fourth-order valence-corrected chi connectivity index (χ4v) is 4.30. The molecule has 0 aliphatic carbocycles. The molecule has 0 saturated carbocycles. The van der Waals surface area contributed by atoms with Gasteiger partial charge in [0.2, 0.25) is 0 Å². The molecule has 0 N–H and O–H groups in total. The maximum atomic E-state index is 12.7. The molecule has 1 amide bonds. The van der Waals surface area contributed by atoms with Gasteiger partial charge in [-0.3, -0.25) is 4.79 Å². The van der Waals surface area contributed by atoms with Gasteiger partial charge in [-0.2, -0.15) is 4.99 Å². The molecule has 0 spiro atoms. The third kappa shape index (κ3) is 4.22. The number of ether oxygens (including phenoxy) is 1. The summed E-state index contributed by atoms with van der Waals surface area (Å²) in [4.78, 5) is 19.0. The van der Waals surface area contributed by atoms with Crippen LogP contribution in [0.5, 0.6) is 5.75 Å². The Bertz CT molecular complexity index is 1000. The first-order valence-electron chi connectivity index (χ1n) is 8.78. The van der Waals surface area contributed by atoms with Crippen LogP contribution in [0, 0.1) is 0 Å². The number of hydrogen-bond acceptors (Lipinski definition) is 3. The van der Waals surface area contributed by atoms with Crippen molar-refractivity contribution in [3.63, 3.8) is 0 Å². The Hall–Kier alpha value is -2.18. The summed E-state index contributed by atoms with van der Waals surface area (Å²) in [6.45, 7) is 4.95. The number of halogens is 1. The zero-order valence-corrected chi connectivity index (χ0v) is 17.9. The molecule has 4 nitrogen and oxygen atoms in total. The lowest BCUT2D eigenvalue weighted by molar-refractivity contribution is 0.0998. The highest BCUT2D eigenvalue weighted by Gasteiger charge is 2.15. The Kier molecular flexibility index (Phi) is 6.29. The van der Waals surface area contributed by atoms with Crippen molar-refractivity contribution in [1.29, 1.82) is 0 Å². The summed E-state index contributed by atoms with van der Waals surface area (Å²) in [5.41, 5.74) is 2.82. The molecule has 0 saturated heterocycles. The average molecular weight is 445 g/mol. The number of aryl methyl sites for hydroxylation is 1. The van der Waals surface area contributed by atoms with Crippen LogP contribution in [0.15, 0.2) is 58.0 Å². The van der Waals surface area contributed by atoms with Gasteiger partial charge in [-0.25, -0.2) is 0 Å². The summed E-state index contributed by atoms with van der Waals surface area (Å²) in [5.74, 6) is 0.475. The third-order valence-corrected chi connectivity index (χ3v) is 6.02. The predicted octanol–water partition coefficient (Wildman–Crippen LogP) is 5.31. The molecule has 0 fully saturated rings. The summed E-state index contributed by atoms with van der Waals surface area (Å²) in [5, 5.41) is 0. The van der Waals surface area contributed by atoms with Crippen LogP contribution in [0.4, 0.5) is 0 Å². The van der Waals surface area contributed by atoms with Crippen molar-refractivity contribution in [2.75, 3.05) is 7.11 Å². The highest BCUT2D eigenvalue weighted by molar-refractivity contribution is 9.10. The van der Waals surface area contributed by atoms with Gasteiger partial charge in [0.05, 0.1) is 12.8 Å². The van der Waals surface area contributed by atoms with Crippen LogP contribution in [0.3, 0.4) is 0 Å². The van der Waals surface area contributed by atoms with Crippen molar-refractivity contribution >= 4 is 33.2 Å². The minimum Gasteiger partial charge on any atom is -0.497 e. The van der Waals surface area contributed by atoms with Crippen molar-refractivity contribution in [3.05, 3.63) is 68.2 Å². The molecule has 1 heterocycles. The van der Waals surface area contributed by atoms with Gasteiger partial charge in [-0.1, -0.05) is 35.0 Å². The Morgan fingerprint density at radius 1 is 1.11 bits per heavy atom. The molecule has 0 atom stereocenters. The first-order valence-corrected chi connectivity index (χ1v) is 10.4. The van der Waals surface area contributed by atoms with Gasteiger partial charge in [0.15, 0.2) is 4.80 Å². The number of aromatic nitrogens is 1. The Balaban J connectivity index is 2.08. The molecule has 0 radical (unpaired) electrons. The van der Waals surface area contributed by atoms with E-state index < -0.39 is 0 Å². The lowest BCUT2D eigenvalue weighted by Gasteiger charge is -2.08.